The molecule has 0 fully saturated rings. The van der Waals surface area contributed by atoms with E-state index in [0.29, 0.717) is 12.2 Å². The predicted molar refractivity (Wildman–Crippen MR) is 82.1 cm³/mol. The fourth-order valence-electron chi connectivity index (χ4n) is 2.98. The fraction of sp³-hybridized carbons (Fsp3) is 0.235. The van der Waals surface area contributed by atoms with Crippen molar-refractivity contribution < 1.29 is 9.59 Å². The van der Waals surface area contributed by atoms with E-state index in [9.17, 15) is 9.59 Å². The minimum Gasteiger partial charge on any atom is -0.368 e. The smallest absolute Gasteiger partial charge is 0.239 e. The summed E-state index contributed by atoms with van der Waals surface area (Å²) in [6.07, 6.45) is 1.59. The molecule has 2 aromatic rings. The zero-order chi connectivity index (χ0) is 15.5. The standard InChI is InChI=1S/C17H17N3O2/c18-17(22)16-15-7-2-1-4-12(15)8-9-20(16)10-13-5-3-6-14(11-21)19-13/h1-7,11,16H,8-10H2,(H2,18,22). The van der Waals surface area contributed by atoms with E-state index in [0.717, 1.165) is 36.1 Å². The van der Waals surface area contributed by atoms with E-state index < -0.39 is 6.04 Å². The molecule has 1 atom stereocenters. The van der Waals surface area contributed by atoms with Gasteiger partial charge in [0.05, 0.1) is 5.69 Å². The lowest BCUT2D eigenvalue weighted by Gasteiger charge is -2.35. The molecule has 5 heteroatoms. The van der Waals surface area contributed by atoms with Crippen LogP contribution in [0.3, 0.4) is 0 Å². The third-order valence-corrected chi connectivity index (χ3v) is 3.97. The highest BCUT2D eigenvalue weighted by molar-refractivity contribution is 5.82. The molecule has 0 saturated carbocycles. The van der Waals surface area contributed by atoms with E-state index in [1.807, 2.05) is 35.2 Å². The van der Waals surface area contributed by atoms with Gasteiger partial charge in [0.25, 0.3) is 0 Å². The zero-order valence-corrected chi connectivity index (χ0v) is 12.1. The number of carbonyl (C=O) groups excluding carboxylic acids is 2. The molecule has 112 valence electrons. The van der Waals surface area contributed by atoms with Gasteiger partial charge in [-0.05, 0) is 29.7 Å². The van der Waals surface area contributed by atoms with Gasteiger partial charge in [0.1, 0.15) is 11.7 Å². The fourth-order valence-corrected chi connectivity index (χ4v) is 2.98. The molecular weight excluding hydrogens is 278 g/mol. The van der Waals surface area contributed by atoms with Gasteiger partial charge in [-0.25, -0.2) is 4.98 Å². The molecule has 0 bridgehead atoms. The first-order chi connectivity index (χ1) is 10.7. The van der Waals surface area contributed by atoms with Gasteiger partial charge in [-0.1, -0.05) is 30.3 Å². The Hall–Kier alpha value is -2.53. The van der Waals surface area contributed by atoms with E-state index in [2.05, 4.69) is 4.98 Å². The van der Waals surface area contributed by atoms with Gasteiger partial charge in [0.2, 0.25) is 5.91 Å². The Balaban J connectivity index is 1.90. The Morgan fingerprint density at radius 1 is 1.27 bits per heavy atom. The maximum atomic E-state index is 11.9. The molecule has 1 aromatic heterocycles. The van der Waals surface area contributed by atoms with Crippen LogP contribution >= 0.6 is 0 Å². The second-order valence-corrected chi connectivity index (χ2v) is 5.40. The number of pyridine rings is 1. The minimum absolute atomic E-state index is 0.362. The second kappa shape index (κ2) is 6.07. The largest absolute Gasteiger partial charge is 0.368 e. The van der Waals surface area contributed by atoms with Gasteiger partial charge in [0, 0.05) is 13.1 Å². The number of hydrogen-bond acceptors (Lipinski definition) is 4. The molecule has 2 heterocycles. The number of hydrogen-bond donors (Lipinski definition) is 1. The molecular formula is C17H17N3O2. The number of carbonyl (C=O) groups is 2. The molecule has 5 nitrogen and oxygen atoms in total. The highest BCUT2D eigenvalue weighted by Gasteiger charge is 2.31. The van der Waals surface area contributed by atoms with E-state index in [1.165, 1.54) is 0 Å². The van der Waals surface area contributed by atoms with Crippen LogP contribution in [-0.4, -0.2) is 28.6 Å². The predicted octanol–water partition coefficient (Wildman–Crippen LogP) is 1.48. The first kappa shape index (κ1) is 14.4. The Morgan fingerprint density at radius 3 is 2.86 bits per heavy atom. The van der Waals surface area contributed by atoms with Crippen LogP contribution in [0.4, 0.5) is 0 Å². The number of aldehydes is 1. The van der Waals surface area contributed by atoms with Crippen molar-refractivity contribution in [3.8, 4) is 0 Å². The van der Waals surface area contributed by atoms with Crippen molar-refractivity contribution in [3.05, 3.63) is 65.0 Å². The summed E-state index contributed by atoms with van der Waals surface area (Å²) < 4.78 is 0. The van der Waals surface area contributed by atoms with Gasteiger partial charge in [-0.15, -0.1) is 0 Å². The van der Waals surface area contributed by atoms with Crippen molar-refractivity contribution in [2.24, 2.45) is 5.73 Å². The Kier molecular flexibility index (Phi) is 3.98. The number of nitrogens with two attached hydrogens (primary N) is 1. The van der Waals surface area contributed by atoms with E-state index in [-0.39, 0.29) is 5.91 Å². The first-order valence-electron chi connectivity index (χ1n) is 7.21. The molecule has 1 aliphatic rings. The summed E-state index contributed by atoms with van der Waals surface area (Å²) in [5.74, 6) is -0.362. The van der Waals surface area contributed by atoms with Crippen molar-refractivity contribution in [2.45, 2.75) is 19.0 Å². The Morgan fingerprint density at radius 2 is 2.09 bits per heavy atom. The van der Waals surface area contributed by atoms with Crippen molar-refractivity contribution in [2.75, 3.05) is 6.54 Å². The second-order valence-electron chi connectivity index (χ2n) is 5.40. The lowest BCUT2D eigenvalue weighted by Crippen LogP contribution is -2.42. The van der Waals surface area contributed by atoms with Crippen LogP contribution in [0, 0.1) is 0 Å². The summed E-state index contributed by atoms with van der Waals surface area (Å²) in [6, 6.07) is 12.7. The summed E-state index contributed by atoms with van der Waals surface area (Å²) in [5, 5.41) is 0. The summed E-state index contributed by atoms with van der Waals surface area (Å²) >= 11 is 0. The van der Waals surface area contributed by atoms with Crippen molar-refractivity contribution in [1.82, 2.24) is 9.88 Å². The van der Waals surface area contributed by atoms with Gasteiger partial charge >= 0.3 is 0 Å². The van der Waals surface area contributed by atoms with Crippen LogP contribution in [0.25, 0.3) is 0 Å². The molecule has 1 unspecified atom stereocenters. The number of fused-ring (bicyclic) bond motifs is 1. The molecule has 1 aliphatic heterocycles. The van der Waals surface area contributed by atoms with E-state index in [1.54, 1.807) is 12.1 Å². The van der Waals surface area contributed by atoms with Crippen LogP contribution in [0.1, 0.15) is 33.4 Å². The maximum absolute atomic E-state index is 11.9. The van der Waals surface area contributed by atoms with Crippen LogP contribution in [0.5, 0.6) is 0 Å². The highest BCUT2D eigenvalue weighted by Crippen LogP contribution is 2.30. The summed E-state index contributed by atoms with van der Waals surface area (Å²) in [5.41, 5.74) is 8.91. The number of amides is 1. The van der Waals surface area contributed by atoms with E-state index in [4.69, 9.17) is 5.73 Å². The molecule has 1 aromatic carbocycles. The number of nitrogens with zero attached hydrogens (tertiary/aromatic N) is 2. The Labute approximate surface area is 128 Å². The van der Waals surface area contributed by atoms with Crippen LogP contribution < -0.4 is 5.73 Å². The number of aromatic nitrogens is 1. The summed E-state index contributed by atoms with van der Waals surface area (Å²) in [4.78, 5) is 29.1. The molecule has 0 aliphatic carbocycles. The SMILES string of the molecule is NC(=O)C1c2ccccc2CCN1Cc1cccc(C=O)n1. The first-order valence-corrected chi connectivity index (χ1v) is 7.21. The van der Waals surface area contributed by atoms with Gasteiger partial charge in [0.15, 0.2) is 6.29 Å². The summed E-state index contributed by atoms with van der Waals surface area (Å²) in [6.45, 7) is 1.22. The van der Waals surface area contributed by atoms with Crippen molar-refractivity contribution in [1.29, 1.82) is 0 Å². The van der Waals surface area contributed by atoms with Gasteiger partial charge in [-0.2, -0.15) is 0 Å². The van der Waals surface area contributed by atoms with Gasteiger partial charge in [-0.3, -0.25) is 14.5 Å². The quantitative estimate of drug-likeness (QED) is 0.867. The van der Waals surface area contributed by atoms with Gasteiger partial charge < -0.3 is 5.73 Å². The van der Waals surface area contributed by atoms with Crippen LogP contribution in [0.15, 0.2) is 42.5 Å². The minimum atomic E-state index is -0.452. The van der Waals surface area contributed by atoms with Crippen molar-refractivity contribution in [3.63, 3.8) is 0 Å². The topological polar surface area (TPSA) is 76.3 Å². The monoisotopic (exact) mass is 295 g/mol. The molecule has 2 N–H and O–H groups in total. The zero-order valence-electron chi connectivity index (χ0n) is 12.1. The lowest BCUT2D eigenvalue weighted by atomic mass is 9.92. The molecule has 0 radical (unpaired) electrons. The molecule has 22 heavy (non-hydrogen) atoms. The lowest BCUT2D eigenvalue weighted by molar-refractivity contribution is -0.124. The Bertz CT molecular complexity index is 715. The third kappa shape index (κ3) is 2.76. The molecule has 0 saturated heterocycles. The third-order valence-electron chi connectivity index (χ3n) is 3.97. The normalized spacial score (nSPS) is 17.7. The van der Waals surface area contributed by atoms with Crippen molar-refractivity contribution >= 4 is 12.2 Å². The molecule has 1 amide bonds. The van der Waals surface area contributed by atoms with Crippen LogP contribution in [-0.2, 0) is 17.8 Å². The average Bonchev–Trinajstić information content (AvgIpc) is 2.54. The van der Waals surface area contributed by atoms with E-state index >= 15 is 0 Å². The number of rotatable bonds is 4. The number of benzene rings is 1. The molecule has 3 rings (SSSR count). The van der Waals surface area contributed by atoms with Crippen LogP contribution in [0.2, 0.25) is 0 Å². The summed E-state index contributed by atoms with van der Waals surface area (Å²) in [7, 11) is 0. The maximum Gasteiger partial charge on any atom is 0.239 e. The average molecular weight is 295 g/mol. The highest BCUT2D eigenvalue weighted by atomic mass is 16.1. The number of primary amides is 1. The molecule has 0 spiro atoms.